The van der Waals surface area contributed by atoms with Gasteiger partial charge in [-0.05, 0) is 67.7 Å². The molecule has 0 bridgehead atoms. The number of ether oxygens (including phenoxy) is 2. The summed E-state index contributed by atoms with van der Waals surface area (Å²) in [5, 5.41) is 3.20. The smallest absolute Gasteiger partial charge is 0.331 e. The molecule has 0 spiro atoms. The van der Waals surface area contributed by atoms with E-state index < -0.39 is 17.8 Å². The number of allylic oxidation sites excluding steroid dienone is 1. The van der Waals surface area contributed by atoms with Crippen molar-refractivity contribution < 1.29 is 23.9 Å². The van der Waals surface area contributed by atoms with Gasteiger partial charge in [-0.25, -0.2) is 4.79 Å². The Kier molecular flexibility index (Phi) is 8.56. The van der Waals surface area contributed by atoms with E-state index in [9.17, 15) is 14.4 Å². The van der Waals surface area contributed by atoms with Crippen molar-refractivity contribution in [2.24, 2.45) is 0 Å². The summed E-state index contributed by atoms with van der Waals surface area (Å²) in [7, 11) is 0. The number of halogens is 2. The first kappa shape index (κ1) is 26.8. The Morgan fingerprint density at radius 3 is 2.51 bits per heavy atom. The topological polar surface area (TPSA) is 84.9 Å². The summed E-state index contributed by atoms with van der Waals surface area (Å²) in [5.74, 6) is -0.311. The van der Waals surface area contributed by atoms with Gasteiger partial charge in [-0.3, -0.25) is 19.8 Å². The van der Waals surface area contributed by atoms with Gasteiger partial charge < -0.3 is 9.47 Å². The summed E-state index contributed by atoms with van der Waals surface area (Å²) < 4.78 is 12.0. The normalized spacial score (nSPS) is 17.3. The molecule has 0 unspecified atom stereocenters. The van der Waals surface area contributed by atoms with E-state index in [0.717, 1.165) is 36.8 Å². The standard InChI is InChI=1S/C28H28Cl2N2O5/c1-3-7-19-12-18(13-21-26(33)31-28(35)32(27(21)34)20-8-5-6-9-20)15-24(36-4-2)25(19)37-16-17-10-11-22(29)23(30)14-17/h3,10-15,20H,1,4-9,16H2,2H3,(H,31,33,35)/b21-13+. The largest absolute Gasteiger partial charge is 0.490 e. The highest BCUT2D eigenvalue weighted by molar-refractivity contribution is 6.42. The molecule has 4 rings (SSSR count). The minimum Gasteiger partial charge on any atom is -0.490 e. The zero-order valence-corrected chi connectivity index (χ0v) is 22.0. The number of urea groups is 1. The molecule has 37 heavy (non-hydrogen) atoms. The number of imide groups is 2. The number of nitrogens with zero attached hydrogens (tertiary/aromatic N) is 1. The lowest BCUT2D eigenvalue weighted by atomic mass is 10.0. The van der Waals surface area contributed by atoms with Gasteiger partial charge in [-0.1, -0.05) is 48.2 Å². The average Bonchev–Trinajstić information content (AvgIpc) is 3.38. The first-order chi connectivity index (χ1) is 17.8. The molecule has 2 aromatic carbocycles. The maximum absolute atomic E-state index is 13.2. The van der Waals surface area contributed by atoms with E-state index in [1.807, 2.05) is 19.1 Å². The van der Waals surface area contributed by atoms with Crippen LogP contribution >= 0.6 is 23.2 Å². The molecular weight excluding hydrogens is 515 g/mol. The molecule has 1 N–H and O–H groups in total. The Labute approximate surface area is 226 Å². The summed E-state index contributed by atoms with van der Waals surface area (Å²) >= 11 is 12.2. The monoisotopic (exact) mass is 542 g/mol. The highest BCUT2D eigenvalue weighted by atomic mass is 35.5. The molecule has 194 valence electrons. The van der Waals surface area contributed by atoms with Crippen LogP contribution in [0.15, 0.2) is 48.6 Å². The van der Waals surface area contributed by atoms with Gasteiger partial charge in [0.1, 0.15) is 12.2 Å². The summed E-state index contributed by atoms with van der Waals surface area (Å²) in [5.41, 5.74) is 2.07. The second-order valence-electron chi connectivity index (χ2n) is 8.90. The second kappa shape index (κ2) is 11.8. The average molecular weight is 543 g/mol. The molecule has 0 radical (unpaired) electrons. The van der Waals surface area contributed by atoms with Crippen LogP contribution < -0.4 is 14.8 Å². The number of hydrogen-bond acceptors (Lipinski definition) is 5. The fourth-order valence-electron chi connectivity index (χ4n) is 4.62. The van der Waals surface area contributed by atoms with Crippen LogP contribution in [0.5, 0.6) is 11.5 Å². The van der Waals surface area contributed by atoms with Gasteiger partial charge >= 0.3 is 6.03 Å². The zero-order chi connectivity index (χ0) is 26.5. The quantitative estimate of drug-likeness (QED) is 0.235. The molecule has 1 aliphatic carbocycles. The number of amides is 4. The molecule has 1 heterocycles. The van der Waals surface area contributed by atoms with Gasteiger partial charge in [0.2, 0.25) is 0 Å². The molecule has 1 aliphatic heterocycles. The molecule has 0 atom stereocenters. The van der Waals surface area contributed by atoms with Gasteiger partial charge in [0.05, 0.1) is 16.7 Å². The van der Waals surface area contributed by atoms with E-state index in [1.165, 1.54) is 11.0 Å². The van der Waals surface area contributed by atoms with Crippen molar-refractivity contribution in [2.75, 3.05) is 6.61 Å². The van der Waals surface area contributed by atoms with E-state index in [2.05, 4.69) is 11.9 Å². The highest BCUT2D eigenvalue weighted by Crippen LogP contribution is 2.36. The highest BCUT2D eigenvalue weighted by Gasteiger charge is 2.40. The number of rotatable bonds is 9. The minimum absolute atomic E-state index is 0.0945. The Balaban J connectivity index is 1.68. The van der Waals surface area contributed by atoms with Crippen LogP contribution in [0.25, 0.3) is 6.08 Å². The molecule has 7 nitrogen and oxygen atoms in total. The first-order valence-electron chi connectivity index (χ1n) is 12.2. The molecule has 1 saturated heterocycles. The first-order valence-corrected chi connectivity index (χ1v) is 13.0. The molecule has 4 amide bonds. The van der Waals surface area contributed by atoms with Crippen LogP contribution in [0, 0.1) is 0 Å². The number of nitrogens with one attached hydrogen (secondary N) is 1. The van der Waals surface area contributed by atoms with E-state index >= 15 is 0 Å². The van der Waals surface area contributed by atoms with E-state index in [-0.39, 0.29) is 18.2 Å². The van der Waals surface area contributed by atoms with Crippen molar-refractivity contribution in [1.29, 1.82) is 0 Å². The summed E-state index contributed by atoms with van der Waals surface area (Å²) in [6, 6.07) is 7.94. The van der Waals surface area contributed by atoms with Crippen LogP contribution in [0.1, 0.15) is 49.3 Å². The van der Waals surface area contributed by atoms with Crippen molar-refractivity contribution in [3.05, 3.63) is 75.3 Å². The van der Waals surface area contributed by atoms with Crippen LogP contribution in [0.4, 0.5) is 4.79 Å². The number of barbiturate groups is 1. The lowest BCUT2D eigenvalue weighted by molar-refractivity contribution is -0.131. The minimum atomic E-state index is -0.715. The molecular formula is C28H28Cl2N2O5. The van der Waals surface area contributed by atoms with Gasteiger partial charge in [0.15, 0.2) is 11.5 Å². The third-order valence-corrected chi connectivity index (χ3v) is 7.06. The van der Waals surface area contributed by atoms with Crippen molar-refractivity contribution in [3.63, 3.8) is 0 Å². The van der Waals surface area contributed by atoms with Crippen molar-refractivity contribution >= 4 is 47.1 Å². The molecule has 2 aliphatic rings. The molecule has 2 fully saturated rings. The van der Waals surface area contributed by atoms with Gasteiger partial charge in [-0.2, -0.15) is 0 Å². The molecule has 0 aromatic heterocycles. The maximum Gasteiger partial charge on any atom is 0.331 e. The predicted octanol–water partition coefficient (Wildman–Crippen LogP) is 6.10. The Bertz CT molecular complexity index is 1270. The lowest BCUT2D eigenvalue weighted by Crippen LogP contribution is -2.57. The van der Waals surface area contributed by atoms with Gasteiger partial charge in [0, 0.05) is 11.6 Å². The predicted molar refractivity (Wildman–Crippen MR) is 143 cm³/mol. The van der Waals surface area contributed by atoms with Crippen molar-refractivity contribution in [1.82, 2.24) is 10.2 Å². The Morgan fingerprint density at radius 2 is 1.84 bits per heavy atom. The third-order valence-electron chi connectivity index (χ3n) is 6.32. The fourth-order valence-corrected chi connectivity index (χ4v) is 4.94. The van der Waals surface area contributed by atoms with E-state index in [0.29, 0.717) is 40.1 Å². The number of hydrogen-bond donors (Lipinski definition) is 1. The molecule has 1 saturated carbocycles. The summed E-state index contributed by atoms with van der Waals surface area (Å²) in [6.07, 6.45) is 7.05. The van der Waals surface area contributed by atoms with E-state index in [1.54, 1.807) is 24.3 Å². The van der Waals surface area contributed by atoms with Crippen LogP contribution in [0.2, 0.25) is 10.0 Å². The van der Waals surface area contributed by atoms with Crippen LogP contribution in [0.3, 0.4) is 0 Å². The Hall–Kier alpha value is -3.29. The summed E-state index contributed by atoms with van der Waals surface area (Å²) in [4.78, 5) is 39.5. The number of carbonyl (C=O) groups is 3. The van der Waals surface area contributed by atoms with E-state index in [4.69, 9.17) is 32.7 Å². The van der Waals surface area contributed by atoms with Gasteiger partial charge in [0.25, 0.3) is 11.8 Å². The lowest BCUT2D eigenvalue weighted by Gasteiger charge is -2.31. The fraction of sp³-hybridized carbons (Fsp3) is 0.321. The third kappa shape index (κ3) is 6.00. The van der Waals surface area contributed by atoms with Crippen LogP contribution in [-0.4, -0.2) is 35.4 Å². The summed E-state index contributed by atoms with van der Waals surface area (Å²) in [6.45, 7) is 6.29. The molecule has 9 heteroatoms. The van der Waals surface area contributed by atoms with Crippen molar-refractivity contribution in [3.8, 4) is 11.5 Å². The number of carbonyl (C=O) groups excluding carboxylic acids is 3. The second-order valence-corrected chi connectivity index (χ2v) is 9.72. The SMILES string of the molecule is C=CCc1cc(/C=C2\C(=O)NC(=O)N(C3CCCC3)C2=O)cc(OCC)c1OCc1ccc(Cl)c(Cl)c1. The molecule has 2 aromatic rings. The number of benzene rings is 2. The zero-order valence-electron chi connectivity index (χ0n) is 20.5. The Morgan fingerprint density at radius 1 is 1.08 bits per heavy atom. The van der Waals surface area contributed by atoms with Gasteiger partial charge in [-0.15, -0.1) is 6.58 Å². The van der Waals surface area contributed by atoms with Crippen LogP contribution in [-0.2, 0) is 22.6 Å². The van der Waals surface area contributed by atoms with Crippen molar-refractivity contribution in [2.45, 2.75) is 51.7 Å². The maximum atomic E-state index is 13.2.